The fraction of sp³-hybridized carbons (Fsp3) is 0.300. The zero-order chi connectivity index (χ0) is 9.84. The number of alkyl halides is 2. The summed E-state index contributed by atoms with van der Waals surface area (Å²) in [6.45, 7) is 1.60. The first kappa shape index (κ1) is 10.9. The van der Waals surface area contributed by atoms with Gasteiger partial charge in [0, 0.05) is 16.2 Å². The molecule has 1 rings (SSSR count). The van der Waals surface area contributed by atoms with Gasteiger partial charge in [-0.3, -0.25) is 4.79 Å². The van der Waals surface area contributed by atoms with Gasteiger partial charge in [-0.2, -0.15) is 0 Å². The summed E-state index contributed by atoms with van der Waals surface area (Å²) < 4.78 is 0. The van der Waals surface area contributed by atoms with Gasteiger partial charge >= 0.3 is 0 Å². The molecular formula is C10H10Br2O. The molecule has 0 radical (unpaired) electrons. The Hall–Kier alpha value is -0.150. The van der Waals surface area contributed by atoms with Crippen LogP contribution in [0.15, 0.2) is 18.2 Å². The third-order valence-corrected chi connectivity index (χ3v) is 3.09. The Bertz CT molecular complexity index is 298. The first-order chi connectivity index (χ1) is 6.20. The van der Waals surface area contributed by atoms with Crippen LogP contribution in [0.25, 0.3) is 0 Å². The second kappa shape index (κ2) is 4.91. The van der Waals surface area contributed by atoms with Crippen LogP contribution in [0.2, 0.25) is 0 Å². The van der Waals surface area contributed by atoms with Gasteiger partial charge in [0.15, 0.2) is 5.78 Å². The number of hydrogen-bond acceptors (Lipinski definition) is 1. The van der Waals surface area contributed by atoms with E-state index in [2.05, 4.69) is 31.9 Å². The van der Waals surface area contributed by atoms with Crippen LogP contribution in [0, 0.1) is 0 Å². The predicted octanol–water partition coefficient (Wildman–Crippen LogP) is 3.68. The highest BCUT2D eigenvalue weighted by Gasteiger charge is 2.10. The third-order valence-electron chi connectivity index (χ3n) is 1.88. The normalized spacial score (nSPS) is 10.1. The Morgan fingerprint density at radius 3 is 2.00 bits per heavy atom. The lowest BCUT2D eigenvalue weighted by Gasteiger charge is -2.08. The average Bonchev–Trinajstić information content (AvgIpc) is 2.16. The van der Waals surface area contributed by atoms with Crippen molar-refractivity contribution in [2.24, 2.45) is 0 Å². The highest BCUT2D eigenvalue weighted by molar-refractivity contribution is 9.08. The molecule has 0 aliphatic carbocycles. The van der Waals surface area contributed by atoms with Crippen LogP contribution in [0.5, 0.6) is 0 Å². The molecule has 0 saturated carbocycles. The summed E-state index contributed by atoms with van der Waals surface area (Å²) >= 11 is 6.74. The van der Waals surface area contributed by atoms with Crippen molar-refractivity contribution < 1.29 is 4.79 Å². The van der Waals surface area contributed by atoms with E-state index >= 15 is 0 Å². The highest BCUT2D eigenvalue weighted by Crippen LogP contribution is 2.20. The van der Waals surface area contributed by atoms with Gasteiger partial charge in [0.2, 0.25) is 0 Å². The summed E-state index contributed by atoms with van der Waals surface area (Å²) in [5.41, 5.74) is 2.96. The van der Waals surface area contributed by atoms with Crippen molar-refractivity contribution in [3.05, 3.63) is 34.9 Å². The van der Waals surface area contributed by atoms with Crippen molar-refractivity contribution >= 4 is 37.6 Å². The average molecular weight is 306 g/mol. The molecule has 0 saturated heterocycles. The van der Waals surface area contributed by atoms with E-state index in [1.807, 2.05) is 18.2 Å². The van der Waals surface area contributed by atoms with Gasteiger partial charge in [-0.05, 0) is 18.1 Å². The van der Waals surface area contributed by atoms with Crippen molar-refractivity contribution in [3.8, 4) is 0 Å². The first-order valence-electron chi connectivity index (χ1n) is 3.94. The summed E-state index contributed by atoms with van der Waals surface area (Å²) in [5, 5.41) is 1.45. The molecule has 0 N–H and O–H groups in total. The fourth-order valence-electron chi connectivity index (χ4n) is 1.33. The summed E-state index contributed by atoms with van der Waals surface area (Å²) in [5.74, 6) is 0.129. The van der Waals surface area contributed by atoms with Crippen molar-refractivity contribution in [2.75, 3.05) is 0 Å². The minimum Gasteiger partial charge on any atom is -0.294 e. The van der Waals surface area contributed by atoms with E-state index in [0.717, 1.165) is 27.4 Å². The Morgan fingerprint density at radius 1 is 1.23 bits per heavy atom. The van der Waals surface area contributed by atoms with E-state index in [9.17, 15) is 4.79 Å². The van der Waals surface area contributed by atoms with Crippen LogP contribution >= 0.6 is 31.9 Å². The third kappa shape index (κ3) is 2.41. The highest BCUT2D eigenvalue weighted by atomic mass is 79.9. The molecule has 0 heterocycles. The quantitative estimate of drug-likeness (QED) is 0.615. The molecule has 13 heavy (non-hydrogen) atoms. The zero-order valence-corrected chi connectivity index (χ0v) is 10.5. The van der Waals surface area contributed by atoms with E-state index in [4.69, 9.17) is 0 Å². The molecule has 0 aliphatic heterocycles. The number of rotatable bonds is 3. The fourth-order valence-corrected chi connectivity index (χ4v) is 2.26. The van der Waals surface area contributed by atoms with Gasteiger partial charge in [-0.15, -0.1) is 0 Å². The Kier molecular flexibility index (Phi) is 4.13. The number of carbonyl (C=O) groups is 1. The topological polar surface area (TPSA) is 17.1 Å². The zero-order valence-electron chi connectivity index (χ0n) is 7.31. The minimum absolute atomic E-state index is 0.129. The monoisotopic (exact) mass is 304 g/mol. The minimum atomic E-state index is 0.129. The summed E-state index contributed by atoms with van der Waals surface area (Å²) in [7, 11) is 0. The first-order valence-corrected chi connectivity index (χ1v) is 6.18. The van der Waals surface area contributed by atoms with Crippen LogP contribution in [0.3, 0.4) is 0 Å². The number of Topliss-reactive ketones (excluding diaryl/α,β-unsaturated/α-hetero) is 1. The maximum absolute atomic E-state index is 11.4. The van der Waals surface area contributed by atoms with Gasteiger partial charge in [0.25, 0.3) is 0 Å². The second-order valence-corrected chi connectivity index (χ2v) is 3.90. The number of ketones is 1. The molecule has 0 aromatic heterocycles. The van der Waals surface area contributed by atoms with Gasteiger partial charge < -0.3 is 0 Å². The van der Waals surface area contributed by atoms with E-state index in [1.54, 1.807) is 6.92 Å². The van der Waals surface area contributed by atoms with Crippen molar-refractivity contribution in [2.45, 2.75) is 17.6 Å². The van der Waals surface area contributed by atoms with Crippen LogP contribution < -0.4 is 0 Å². The van der Waals surface area contributed by atoms with Gasteiger partial charge in [0.05, 0.1) is 0 Å². The lowest BCUT2D eigenvalue weighted by molar-refractivity contribution is 0.101. The molecule has 0 unspecified atom stereocenters. The van der Waals surface area contributed by atoms with Gasteiger partial charge in [-0.25, -0.2) is 0 Å². The molecule has 0 fully saturated rings. The van der Waals surface area contributed by atoms with Crippen LogP contribution in [-0.2, 0) is 10.7 Å². The van der Waals surface area contributed by atoms with E-state index in [1.165, 1.54) is 0 Å². The largest absolute Gasteiger partial charge is 0.294 e. The molecule has 3 heteroatoms. The Balaban J connectivity index is 3.29. The molecule has 1 aromatic rings. The van der Waals surface area contributed by atoms with Crippen molar-refractivity contribution in [1.29, 1.82) is 0 Å². The molecule has 0 spiro atoms. The number of halogens is 2. The molecule has 70 valence electrons. The predicted molar refractivity (Wildman–Crippen MR) is 61.7 cm³/mol. The van der Waals surface area contributed by atoms with Gasteiger partial charge in [-0.1, -0.05) is 50.1 Å². The van der Waals surface area contributed by atoms with E-state index in [-0.39, 0.29) is 5.78 Å². The summed E-state index contributed by atoms with van der Waals surface area (Å²) in [6.07, 6.45) is 0. The maximum atomic E-state index is 11.4. The van der Waals surface area contributed by atoms with E-state index < -0.39 is 0 Å². The number of carbonyl (C=O) groups excluding carboxylic acids is 1. The maximum Gasteiger partial charge on any atom is 0.160 e. The standard InChI is InChI=1S/C10H10Br2O/c1-7(13)10-8(5-11)3-2-4-9(10)6-12/h2-4H,5-6H2,1H3. The molecule has 0 bridgehead atoms. The Labute approximate surface area is 94.8 Å². The van der Waals surface area contributed by atoms with Crippen LogP contribution in [0.1, 0.15) is 28.4 Å². The SMILES string of the molecule is CC(=O)c1c(CBr)cccc1CBr. The van der Waals surface area contributed by atoms with Crippen molar-refractivity contribution in [1.82, 2.24) is 0 Å². The summed E-state index contributed by atoms with van der Waals surface area (Å²) in [6, 6.07) is 5.91. The number of benzene rings is 1. The lowest BCUT2D eigenvalue weighted by atomic mass is 10.0. The Morgan fingerprint density at radius 2 is 1.69 bits per heavy atom. The molecule has 0 amide bonds. The molecular weight excluding hydrogens is 296 g/mol. The molecule has 0 atom stereocenters. The molecule has 0 aliphatic rings. The summed E-state index contributed by atoms with van der Waals surface area (Å²) in [4.78, 5) is 11.4. The molecule has 1 nitrogen and oxygen atoms in total. The van der Waals surface area contributed by atoms with Gasteiger partial charge in [0.1, 0.15) is 0 Å². The smallest absolute Gasteiger partial charge is 0.160 e. The van der Waals surface area contributed by atoms with Crippen molar-refractivity contribution in [3.63, 3.8) is 0 Å². The second-order valence-electron chi connectivity index (χ2n) is 2.77. The van der Waals surface area contributed by atoms with Crippen LogP contribution in [-0.4, -0.2) is 5.78 Å². The molecule has 1 aromatic carbocycles. The van der Waals surface area contributed by atoms with Crippen LogP contribution in [0.4, 0.5) is 0 Å². The number of hydrogen-bond donors (Lipinski definition) is 0. The lowest BCUT2D eigenvalue weighted by Crippen LogP contribution is -2.02. The van der Waals surface area contributed by atoms with E-state index in [0.29, 0.717) is 0 Å².